The summed E-state index contributed by atoms with van der Waals surface area (Å²) < 4.78 is 1.71. The molecule has 0 bridgehead atoms. The average Bonchev–Trinajstić information content (AvgIpc) is 3.11. The molecule has 0 saturated heterocycles. The molecule has 0 unspecified atom stereocenters. The Bertz CT molecular complexity index is 798. The van der Waals surface area contributed by atoms with Crippen molar-refractivity contribution in [3.63, 3.8) is 0 Å². The maximum absolute atomic E-state index is 10.1. The first-order chi connectivity index (χ1) is 11.3. The van der Waals surface area contributed by atoms with Crippen molar-refractivity contribution in [1.29, 1.82) is 10.8 Å². The molecule has 0 spiro atoms. The van der Waals surface area contributed by atoms with E-state index in [1.807, 2.05) is 19.9 Å². The second-order valence-electron chi connectivity index (χ2n) is 7.70. The lowest BCUT2D eigenvalue weighted by molar-refractivity contribution is 0.0527. The summed E-state index contributed by atoms with van der Waals surface area (Å²) in [5, 5.41) is 27.1. The van der Waals surface area contributed by atoms with Crippen LogP contribution in [-0.4, -0.2) is 31.1 Å². The van der Waals surface area contributed by atoms with Gasteiger partial charge in [0.05, 0.1) is 17.3 Å². The monoisotopic (exact) mass is 329 g/mol. The Morgan fingerprint density at radius 3 is 2.88 bits per heavy atom. The van der Waals surface area contributed by atoms with Crippen LogP contribution >= 0.6 is 0 Å². The summed E-state index contributed by atoms with van der Waals surface area (Å²) in [4.78, 5) is 7.27. The van der Waals surface area contributed by atoms with Gasteiger partial charge in [0.25, 0.3) is 0 Å². The van der Waals surface area contributed by atoms with Gasteiger partial charge in [-0.2, -0.15) is 0 Å². The van der Waals surface area contributed by atoms with Gasteiger partial charge in [-0.05, 0) is 51.0 Å². The van der Waals surface area contributed by atoms with E-state index in [0.717, 1.165) is 31.2 Å². The number of nitrogens with zero attached hydrogens (tertiary/aromatic N) is 2. The summed E-state index contributed by atoms with van der Waals surface area (Å²) in [5.41, 5.74) is 1.06. The smallest absolute Gasteiger partial charge is 0.154 e. The second kappa shape index (κ2) is 6.16. The molecule has 3 atom stereocenters. The quantitative estimate of drug-likeness (QED) is 0.512. The molecule has 0 amide bonds. The van der Waals surface area contributed by atoms with Crippen LogP contribution in [0.25, 0.3) is 11.2 Å². The molecule has 24 heavy (non-hydrogen) atoms. The fraction of sp³-hybridized carbons (Fsp3) is 0.611. The minimum absolute atomic E-state index is 0.122. The summed E-state index contributed by atoms with van der Waals surface area (Å²) >= 11 is 0. The molecule has 4 N–H and O–H groups in total. The van der Waals surface area contributed by atoms with Gasteiger partial charge in [0.2, 0.25) is 0 Å². The van der Waals surface area contributed by atoms with E-state index in [9.17, 15) is 5.11 Å². The first-order valence-corrected chi connectivity index (χ1v) is 8.71. The van der Waals surface area contributed by atoms with Gasteiger partial charge in [0.1, 0.15) is 11.3 Å². The molecule has 0 aliphatic heterocycles. The van der Waals surface area contributed by atoms with E-state index >= 15 is 0 Å². The fourth-order valence-corrected chi connectivity index (χ4v) is 4.27. The Morgan fingerprint density at radius 2 is 2.21 bits per heavy atom. The van der Waals surface area contributed by atoms with Crippen LogP contribution in [0.5, 0.6) is 0 Å². The molecule has 2 aromatic rings. The Kier molecular flexibility index (Phi) is 4.34. The van der Waals surface area contributed by atoms with Crippen molar-refractivity contribution in [2.24, 2.45) is 17.8 Å². The lowest BCUT2D eigenvalue weighted by Crippen LogP contribution is -2.33. The zero-order chi connectivity index (χ0) is 17.5. The van der Waals surface area contributed by atoms with Crippen molar-refractivity contribution in [3.8, 4) is 0 Å². The van der Waals surface area contributed by atoms with Crippen molar-refractivity contribution >= 4 is 17.0 Å². The molecule has 130 valence electrons. The largest absolute Gasteiger partial charge is 0.390 e. The van der Waals surface area contributed by atoms with Crippen molar-refractivity contribution in [2.75, 3.05) is 0 Å². The molecule has 1 saturated carbocycles. The van der Waals surface area contributed by atoms with Crippen molar-refractivity contribution < 1.29 is 5.11 Å². The van der Waals surface area contributed by atoms with Crippen LogP contribution in [0.3, 0.4) is 0 Å². The summed E-state index contributed by atoms with van der Waals surface area (Å²) in [6.45, 7) is 5.88. The van der Waals surface area contributed by atoms with Crippen molar-refractivity contribution in [2.45, 2.75) is 52.1 Å². The number of aromatic nitrogens is 3. The number of fused-ring (bicyclic) bond motifs is 1. The first-order valence-electron chi connectivity index (χ1n) is 8.71. The van der Waals surface area contributed by atoms with E-state index in [4.69, 9.17) is 10.8 Å². The number of aromatic amines is 1. The number of nitrogens with one attached hydrogen (secondary N) is 3. The van der Waals surface area contributed by atoms with Crippen LogP contribution in [0.1, 0.15) is 46.5 Å². The minimum atomic E-state index is -0.668. The summed E-state index contributed by atoms with van der Waals surface area (Å²) in [6.07, 6.45) is 7.03. The van der Waals surface area contributed by atoms with Crippen LogP contribution in [0.15, 0.2) is 18.5 Å². The number of hydrogen-bond donors (Lipinski definition) is 4. The van der Waals surface area contributed by atoms with Crippen LogP contribution in [-0.2, 0) is 0 Å². The molecule has 6 heteroatoms. The standard InChI is InChI=1S/C18H27N5O/c1-4-12-7-11(9-18(2,3)24)8-13(12)16(20)23-14-5-6-21-17(14)22-10-15(23)19/h5-6,10-13,19-21,24H,4,7-9H2,1-3H3/t11-,12+,13+/m0/s1. The number of hydrogen-bond acceptors (Lipinski definition) is 4. The van der Waals surface area contributed by atoms with Gasteiger partial charge in [-0.3, -0.25) is 15.4 Å². The van der Waals surface area contributed by atoms with E-state index in [1.54, 1.807) is 10.8 Å². The fourth-order valence-electron chi connectivity index (χ4n) is 4.27. The summed E-state index contributed by atoms with van der Waals surface area (Å²) in [5.74, 6) is 1.46. The minimum Gasteiger partial charge on any atom is -0.390 e. The van der Waals surface area contributed by atoms with Gasteiger partial charge >= 0.3 is 0 Å². The van der Waals surface area contributed by atoms with Crippen LogP contribution in [0.2, 0.25) is 0 Å². The van der Waals surface area contributed by atoms with Crippen molar-refractivity contribution in [3.05, 3.63) is 23.9 Å². The number of aliphatic hydroxyl groups is 1. The normalized spacial score (nSPS) is 24.6. The number of H-pyrrole nitrogens is 1. The molecule has 0 radical (unpaired) electrons. The molecule has 6 nitrogen and oxygen atoms in total. The number of rotatable bonds is 4. The Morgan fingerprint density at radius 1 is 1.46 bits per heavy atom. The SMILES string of the molecule is CC[C@@H]1C[C@H](CC(C)(C)O)C[C@H]1C(=N)n1c(=N)cnc2[nH]ccc21. The molecule has 3 rings (SSSR count). The van der Waals surface area contributed by atoms with Gasteiger partial charge < -0.3 is 10.1 Å². The molecule has 1 aliphatic rings. The Labute approximate surface area is 142 Å². The molecule has 2 aromatic heterocycles. The van der Waals surface area contributed by atoms with Crippen LogP contribution < -0.4 is 5.49 Å². The Hall–Kier alpha value is -1.95. The maximum Gasteiger partial charge on any atom is 0.154 e. The highest BCUT2D eigenvalue weighted by atomic mass is 16.3. The molecule has 2 heterocycles. The van der Waals surface area contributed by atoms with Crippen LogP contribution in [0.4, 0.5) is 0 Å². The van der Waals surface area contributed by atoms with Gasteiger partial charge in [-0.15, -0.1) is 0 Å². The first kappa shape index (κ1) is 16.9. The second-order valence-corrected chi connectivity index (χ2v) is 7.70. The lowest BCUT2D eigenvalue weighted by atomic mass is 9.91. The van der Waals surface area contributed by atoms with Gasteiger partial charge in [-0.25, -0.2) is 4.98 Å². The molecular weight excluding hydrogens is 302 g/mol. The van der Waals surface area contributed by atoms with E-state index in [-0.39, 0.29) is 11.4 Å². The predicted octanol–water partition coefficient (Wildman–Crippen LogP) is 2.88. The third-order valence-corrected chi connectivity index (χ3v) is 5.20. The third kappa shape index (κ3) is 3.15. The Balaban J connectivity index is 1.92. The van der Waals surface area contributed by atoms with Gasteiger partial charge in [0, 0.05) is 12.1 Å². The van der Waals surface area contributed by atoms with Crippen molar-refractivity contribution in [1.82, 2.24) is 14.5 Å². The highest BCUT2D eigenvalue weighted by Gasteiger charge is 2.38. The predicted molar refractivity (Wildman–Crippen MR) is 94.0 cm³/mol. The zero-order valence-electron chi connectivity index (χ0n) is 14.6. The highest BCUT2D eigenvalue weighted by molar-refractivity contribution is 5.91. The molecule has 1 aliphatic carbocycles. The summed E-state index contributed by atoms with van der Waals surface area (Å²) in [6, 6.07) is 1.87. The van der Waals surface area contributed by atoms with E-state index in [1.165, 1.54) is 6.20 Å². The molecule has 1 fully saturated rings. The highest BCUT2D eigenvalue weighted by Crippen LogP contribution is 2.42. The van der Waals surface area contributed by atoms with E-state index in [2.05, 4.69) is 16.9 Å². The average molecular weight is 329 g/mol. The lowest BCUT2D eigenvalue weighted by Gasteiger charge is -2.22. The molecule has 0 aromatic carbocycles. The topological polar surface area (TPSA) is 102 Å². The summed E-state index contributed by atoms with van der Waals surface area (Å²) in [7, 11) is 0. The zero-order valence-corrected chi connectivity index (χ0v) is 14.6. The van der Waals surface area contributed by atoms with E-state index < -0.39 is 5.60 Å². The van der Waals surface area contributed by atoms with E-state index in [0.29, 0.717) is 23.3 Å². The third-order valence-electron chi connectivity index (χ3n) is 5.20. The maximum atomic E-state index is 10.1. The van der Waals surface area contributed by atoms with Gasteiger partial charge in [-0.1, -0.05) is 13.3 Å². The molecular formula is C18H27N5O. The van der Waals surface area contributed by atoms with Gasteiger partial charge in [0.15, 0.2) is 5.65 Å². The van der Waals surface area contributed by atoms with Crippen LogP contribution in [0, 0.1) is 28.6 Å².